The van der Waals surface area contributed by atoms with Crippen molar-refractivity contribution in [1.29, 1.82) is 0 Å². The number of aliphatic hydroxyl groups is 1. The maximum atomic E-state index is 12.2. The van der Waals surface area contributed by atoms with Crippen molar-refractivity contribution in [2.75, 3.05) is 40.0 Å². The van der Waals surface area contributed by atoms with Gasteiger partial charge in [0.2, 0.25) is 0 Å². The van der Waals surface area contributed by atoms with E-state index in [0.717, 1.165) is 6.07 Å². The van der Waals surface area contributed by atoms with Crippen LogP contribution in [-0.2, 0) is 0 Å². The number of hydrogen-bond acceptors (Lipinski definition) is 7. The number of aliphatic hydroxyl groups excluding tert-OH is 1. The fourth-order valence-corrected chi connectivity index (χ4v) is 3.28. The largest absolute Gasteiger partial charge is 0.395 e. The smallest absolute Gasteiger partial charge is 0.299 e. The first-order valence-corrected chi connectivity index (χ1v) is 10.1. The van der Waals surface area contributed by atoms with Crippen molar-refractivity contribution >= 4 is 68.2 Å². The van der Waals surface area contributed by atoms with Gasteiger partial charge in [-0.2, -0.15) is 0 Å². The van der Waals surface area contributed by atoms with Gasteiger partial charge in [0.25, 0.3) is 17.3 Å². The molecule has 0 aliphatic rings. The average Bonchev–Trinajstić information content (AvgIpc) is 2.58. The van der Waals surface area contributed by atoms with Crippen molar-refractivity contribution in [1.82, 2.24) is 5.32 Å². The zero-order valence-corrected chi connectivity index (χ0v) is 17.3. The molecule has 0 fully saturated rings. The van der Waals surface area contributed by atoms with Crippen LogP contribution >= 0.6 is 45.2 Å². The first kappa shape index (κ1) is 21.8. The van der Waals surface area contributed by atoms with Gasteiger partial charge in [0.05, 0.1) is 22.5 Å². The maximum Gasteiger partial charge on any atom is 0.299 e. The van der Waals surface area contributed by atoms with Crippen LogP contribution in [0.25, 0.3) is 0 Å². The molecule has 0 aliphatic heterocycles. The van der Waals surface area contributed by atoms with Gasteiger partial charge in [-0.1, -0.05) is 45.2 Å². The van der Waals surface area contributed by atoms with Crippen LogP contribution in [0.5, 0.6) is 0 Å². The van der Waals surface area contributed by atoms with E-state index in [9.17, 15) is 25.0 Å². The number of alkyl halides is 2. The Kier molecular flexibility index (Phi) is 9.26. The maximum absolute atomic E-state index is 12.2. The van der Waals surface area contributed by atoms with Crippen LogP contribution in [0.2, 0.25) is 0 Å². The number of nitro benzene ring substituents is 2. The lowest BCUT2D eigenvalue weighted by molar-refractivity contribution is -0.393. The highest BCUT2D eigenvalue weighted by atomic mass is 127. The van der Waals surface area contributed by atoms with Crippen molar-refractivity contribution in [3.63, 3.8) is 0 Å². The molecule has 0 spiro atoms. The van der Waals surface area contributed by atoms with Crippen LogP contribution in [-0.4, -0.2) is 56.0 Å². The zero-order valence-electron chi connectivity index (χ0n) is 13.0. The number of hydrogen-bond donors (Lipinski definition) is 2. The lowest BCUT2D eigenvalue weighted by Gasteiger charge is -2.23. The van der Waals surface area contributed by atoms with Crippen LogP contribution in [0.1, 0.15) is 10.4 Å². The predicted octanol–water partition coefficient (Wildman–Crippen LogP) is 1.90. The van der Waals surface area contributed by atoms with Gasteiger partial charge in [0.1, 0.15) is 11.3 Å². The molecule has 25 heavy (non-hydrogen) atoms. The molecule has 0 atom stereocenters. The Morgan fingerprint density at radius 1 is 1.12 bits per heavy atom. The highest BCUT2D eigenvalue weighted by molar-refractivity contribution is 14.1. The van der Waals surface area contributed by atoms with E-state index in [1.807, 2.05) is 0 Å². The van der Waals surface area contributed by atoms with Crippen molar-refractivity contribution in [2.45, 2.75) is 0 Å². The molecule has 0 aliphatic carbocycles. The highest BCUT2D eigenvalue weighted by Crippen LogP contribution is 2.35. The lowest BCUT2D eigenvalue weighted by Crippen LogP contribution is -2.30. The van der Waals surface area contributed by atoms with Gasteiger partial charge in [-0.25, -0.2) is 0 Å². The Labute approximate surface area is 170 Å². The normalized spacial score (nSPS) is 10.4. The van der Waals surface area contributed by atoms with Gasteiger partial charge >= 0.3 is 0 Å². The van der Waals surface area contributed by atoms with E-state index < -0.39 is 27.1 Å². The molecule has 1 aromatic carbocycles. The summed E-state index contributed by atoms with van der Waals surface area (Å²) < 4.78 is 1.38. The van der Waals surface area contributed by atoms with Crippen molar-refractivity contribution in [3.8, 4) is 0 Å². The van der Waals surface area contributed by atoms with Gasteiger partial charge < -0.3 is 15.3 Å². The number of amides is 1. The fraction of sp³-hybridized carbons (Fsp3) is 0.462. The Morgan fingerprint density at radius 2 is 1.68 bits per heavy atom. The van der Waals surface area contributed by atoms with E-state index >= 15 is 0 Å². The molecule has 0 saturated carbocycles. The van der Waals surface area contributed by atoms with Crippen LogP contribution in [0.3, 0.4) is 0 Å². The van der Waals surface area contributed by atoms with E-state index in [1.54, 1.807) is 4.90 Å². The Morgan fingerprint density at radius 3 is 2.12 bits per heavy atom. The Balaban J connectivity index is 3.54. The number of rotatable bonds is 10. The van der Waals surface area contributed by atoms with Gasteiger partial charge in [0.15, 0.2) is 0 Å². The van der Waals surface area contributed by atoms with Crippen LogP contribution in [0.15, 0.2) is 12.1 Å². The number of halogens is 2. The lowest BCUT2D eigenvalue weighted by atomic mass is 10.1. The number of nitrogens with zero attached hydrogens (tertiary/aromatic N) is 3. The predicted molar refractivity (Wildman–Crippen MR) is 109 cm³/mol. The van der Waals surface area contributed by atoms with Gasteiger partial charge in [-0.3, -0.25) is 25.0 Å². The minimum atomic E-state index is -0.828. The SMILES string of the molecule is O=C(NCCO)c1cc(N(CCI)CCI)c([N+](=O)[O-])cc1[N+](=O)[O-]. The third-order valence-electron chi connectivity index (χ3n) is 3.18. The number of nitrogens with one attached hydrogen (secondary N) is 1. The minimum absolute atomic E-state index is 0.0759. The second-order valence-corrected chi connectivity index (χ2v) is 6.87. The fourth-order valence-electron chi connectivity index (χ4n) is 2.12. The standard InChI is InChI=1S/C13H16I2N4O6/c14-1-4-17(5-2-15)11-7-9(13(21)16-3-6-20)10(18(22)23)8-12(11)19(24)25/h7-8,20H,1-6H2,(H,16,21). The molecule has 0 aromatic heterocycles. The molecular weight excluding hydrogens is 562 g/mol. The van der Waals surface area contributed by atoms with Crippen LogP contribution in [0.4, 0.5) is 17.1 Å². The minimum Gasteiger partial charge on any atom is -0.395 e. The molecule has 0 saturated heterocycles. The summed E-state index contributed by atoms with van der Waals surface area (Å²) in [5.41, 5.74) is -1.17. The van der Waals surface area contributed by atoms with E-state index in [0.29, 0.717) is 21.9 Å². The summed E-state index contributed by atoms with van der Waals surface area (Å²) >= 11 is 4.25. The molecule has 1 aromatic rings. The summed E-state index contributed by atoms with van der Waals surface area (Å²) in [6.45, 7) is 0.600. The first-order valence-electron chi connectivity index (χ1n) is 7.10. The van der Waals surface area contributed by atoms with E-state index in [4.69, 9.17) is 5.11 Å². The highest BCUT2D eigenvalue weighted by Gasteiger charge is 2.30. The molecule has 1 amide bonds. The summed E-state index contributed by atoms with van der Waals surface area (Å²) in [6, 6.07) is 2.00. The Hall–Kier alpha value is -1.29. The first-order chi connectivity index (χ1) is 11.9. The third-order valence-corrected chi connectivity index (χ3v) is 4.14. The summed E-state index contributed by atoms with van der Waals surface area (Å²) in [4.78, 5) is 35.0. The molecule has 138 valence electrons. The second kappa shape index (κ2) is 10.6. The molecule has 0 unspecified atom stereocenters. The average molecular weight is 578 g/mol. The molecule has 0 bridgehead atoms. The number of nitro groups is 2. The van der Waals surface area contributed by atoms with E-state index in [2.05, 4.69) is 50.5 Å². The quantitative estimate of drug-likeness (QED) is 0.187. The number of benzene rings is 1. The Bertz CT molecular complexity index is 652. The van der Waals surface area contributed by atoms with E-state index in [1.165, 1.54) is 6.07 Å². The number of anilines is 1. The summed E-state index contributed by atoms with van der Waals surface area (Å²) in [5.74, 6) is -0.763. The zero-order chi connectivity index (χ0) is 19.0. The van der Waals surface area contributed by atoms with Crippen molar-refractivity contribution in [3.05, 3.63) is 37.9 Å². The van der Waals surface area contributed by atoms with Gasteiger partial charge in [-0.15, -0.1) is 0 Å². The van der Waals surface area contributed by atoms with E-state index in [-0.39, 0.29) is 24.4 Å². The van der Waals surface area contributed by atoms with Crippen molar-refractivity contribution < 1.29 is 19.7 Å². The molecular formula is C13H16I2N4O6. The molecule has 0 radical (unpaired) electrons. The summed E-state index contributed by atoms with van der Waals surface area (Å²) in [7, 11) is 0. The van der Waals surface area contributed by atoms with Crippen molar-refractivity contribution in [2.24, 2.45) is 0 Å². The molecule has 0 heterocycles. The van der Waals surface area contributed by atoms with Crippen LogP contribution < -0.4 is 10.2 Å². The summed E-state index contributed by atoms with van der Waals surface area (Å²) in [6.07, 6.45) is 0. The number of carbonyl (C=O) groups is 1. The topological polar surface area (TPSA) is 139 Å². The van der Waals surface area contributed by atoms with Gasteiger partial charge in [-0.05, 0) is 6.07 Å². The monoisotopic (exact) mass is 578 g/mol. The third kappa shape index (κ3) is 5.88. The van der Waals surface area contributed by atoms with Gasteiger partial charge in [0, 0.05) is 28.5 Å². The molecule has 1 rings (SSSR count). The summed E-state index contributed by atoms with van der Waals surface area (Å²) in [5, 5.41) is 33.8. The number of carbonyl (C=O) groups excluding carboxylic acids is 1. The molecule has 12 heteroatoms. The molecule has 2 N–H and O–H groups in total. The van der Waals surface area contributed by atoms with Crippen LogP contribution in [0, 0.1) is 20.2 Å². The second-order valence-electron chi connectivity index (χ2n) is 4.72. The molecule has 10 nitrogen and oxygen atoms in total.